The molecule has 122 valence electrons. The van der Waals surface area contributed by atoms with E-state index < -0.39 is 0 Å². The van der Waals surface area contributed by atoms with E-state index >= 15 is 0 Å². The predicted octanol–water partition coefficient (Wildman–Crippen LogP) is 3.14. The summed E-state index contributed by atoms with van der Waals surface area (Å²) in [5.74, 6) is 0.775. The van der Waals surface area contributed by atoms with Crippen LogP contribution in [0.25, 0.3) is 5.52 Å². The van der Waals surface area contributed by atoms with Gasteiger partial charge in [-0.25, -0.2) is 0 Å². The maximum Gasteiger partial charge on any atom is 0.220 e. The van der Waals surface area contributed by atoms with Crippen LogP contribution in [0.15, 0.2) is 24.4 Å². The summed E-state index contributed by atoms with van der Waals surface area (Å²) >= 11 is 5.60. The fourth-order valence-electron chi connectivity index (χ4n) is 3.36. The Morgan fingerprint density at radius 2 is 2.17 bits per heavy atom. The van der Waals surface area contributed by atoms with Crippen LogP contribution in [-0.4, -0.2) is 28.5 Å². The number of rotatable bonds is 6. The zero-order valence-electron chi connectivity index (χ0n) is 13.1. The molecule has 1 N–H and O–H groups in total. The van der Waals surface area contributed by atoms with Gasteiger partial charge in [0, 0.05) is 37.0 Å². The van der Waals surface area contributed by atoms with Gasteiger partial charge in [0.2, 0.25) is 5.91 Å². The fourth-order valence-corrected chi connectivity index (χ4v) is 3.50. The van der Waals surface area contributed by atoms with Crippen molar-refractivity contribution < 1.29 is 9.59 Å². The normalized spacial score (nSPS) is 14.0. The second kappa shape index (κ2) is 7.18. The van der Waals surface area contributed by atoms with Crippen LogP contribution < -0.4 is 5.32 Å². The summed E-state index contributed by atoms with van der Waals surface area (Å²) in [6, 6.07) is 6.00. The van der Waals surface area contributed by atoms with Crippen LogP contribution in [0, 0.1) is 0 Å². The summed E-state index contributed by atoms with van der Waals surface area (Å²) in [6.07, 6.45) is 6.37. The molecule has 3 rings (SSSR count). The number of carbonyl (C=O) groups is 2. The van der Waals surface area contributed by atoms with Gasteiger partial charge in [-0.1, -0.05) is 6.07 Å². The van der Waals surface area contributed by atoms with Gasteiger partial charge >= 0.3 is 0 Å². The summed E-state index contributed by atoms with van der Waals surface area (Å²) in [7, 11) is 0. The van der Waals surface area contributed by atoms with Crippen LogP contribution in [-0.2, 0) is 17.6 Å². The summed E-state index contributed by atoms with van der Waals surface area (Å²) < 4.78 is 2.02. The Labute approximate surface area is 140 Å². The number of Topliss-reactive ketones (excluding diaryl/α,β-unsaturated/α-hetero) is 1. The monoisotopic (exact) mass is 332 g/mol. The number of nitrogens with zero attached hydrogens (tertiary/aromatic N) is 1. The van der Waals surface area contributed by atoms with E-state index in [1.807, 2.05) is 22.7 Å². The van der Waals surface area contributed by atoms with Crippen molar-refractivity contribution in [1.82, 2.24) is 9.72 Å². The number of aromatic nitrogens is 1. The molecule has 2 heterocycles. The molecule has 4 nitrogen and oxygen atoms in total. The summed E-state index contributed by atoms with van der Waals surface area (Å²) in [5, 5.41) is 2.95. The second-order valence-corrected chi connectivity index (χ2v) is 6.31. The maximum atomic E-state index is 12.3. The molecule has 2 aromatic rings. The van der Waals surface area contributed by atoms with E-state index in [1.165, 1.54) is 11.1 Å². The zero-order chi connectivity index (χ0) is 16.2. The van der Waals surface area contributed by atoms with Crippen molar-refractivity contribution in [3.05, 3.63) is 41.2 Å². The highest BCUT2D eigenvalue weighted by Gasteiger charge is 2.25. The number of fused-ring (bicyclic) bond motifs is 3. The molecular weight excluding hydrogens is 312 g/mol. The lowest BCUT2D eigenvalue weighted by atomic mass is 9.92. The largest absolute Gasteiger partial charge is 0.356 e. The molecular formula is C18H21ClN2O2. The van der Waals surface area contributed by atoms with Crippen molar-refractivity contribution in [3.8, 4) is 0 Å². The van der Waals surface area contributed by atoms with Crippen LogP contribution in [0.1, 0.15) is 47.3 Å². The van der Waals surface area contributed by atoms with Crippen molar-refractivity contribution in [3.63, 3.8) is 0 Å². The fraction of sp³-hybridized carbons (Fsp3) is 0.444. The first-order chi connectivity index (χ1) is 11.2. The van der Waals surface area contributed by atoms with Gasteiger partial charge in [-0.15, -0.1) is 11.6 Å². The lowest BCUT2D eigenvalue weighted by Gasteiger charge is -2.12. The minimum Gasteiger partial charge on any atom is -0.356 e. The Morgan fingerprint density at radius 3 is 3.00 bits per heavy atom. The van der Waals surface area contributed by atoms with E-state index in [0.717, 1.165) is 30.5 Å². The molecule has 0 aliphatic heterocycles. The molecule has 23 heavy (non-hydrogen) atoms. The van der Waals surface area contributed by atoms with Gasteiger partial charge in [-0.3, -0.25) is 9.59 Å². The molecule has 0 unspecified atom stereocenters. The number of alkyl halides is 1. The van der Waals surface area contributed by atoms with E-state index in [0.29, 0.717) is 31.7 Å². The first kappa shape index (κ1) is 16.1. The third-order valence-electron chi connectivity index (χ3n) is 4.39. The molecule has 1 aliphatic carbocycles. The number of hydrogen-bond donors (Lipinski definition) is 1. The number of nitrogens with one attached hydrogen (secondary N) is 1. The van der Waals surface area contributed by atoms with Gasteiger partial charge < -0.3 is 9.72 Å². The van der Waals surface area contributed by atoms with Crippen LogP contribution in [0.5, 0.6) is 0 Å². The van der Waals surface area contributed by atoms with Gasteiger partial charge in [0.05, 0.1) is 5.69 Å². The Balaban J connectivity index is 1.81. The zero-order valence-corrected chi connectivity index (χ0v) is 13.9. The van der Waals surface area contributed by atoms with Crippen LogP contribution >= 0.6 is 11.6 Å². The van der Waals surface area contributed by atoms with E-state index in [-0.39, 0.29) is 11.7 Å². The molecule has 0 bridgehead atoms. The van der Waals surface area contributed by atoms with Gasteiger partial charge in [-0.2, -0.15) is 0 Å². The molecule has 0 fully saturated rings. The quantitative estimate of drug-likeness (QED) is 0.826. The Morgan fingerprint density at radius 1 is 1.30 bits per heavy atom. The summed E-state index contributed by atoms with van der Waals surface area (Å²) in [5.41, 5.74) is 4.30. The van der Waals surface area contributed by atoms with E-state index in [4.69, 9.17) is 11.6 Å². The molecule has 0 spiro atoms. The first-order valence-electron chi connectivity index (χ1n) is 8.19. The van der Waals surface area contributed by atoms with Gasteiger partial charge in [0.25, 0.3) is 0 Å². The smallest absolute Gasteiger partial charge is 0.220 e. The number of halogens is 1. The number of hydrogen-bond acceptors (Lipinski definition) is 2. The van der Waals surface area contributed by atoms with Crippen LogP contribution in [0.4, 0.5) is 0 Å². The van der Waals surface area contributed by atoms with Gasteiger partial charge in [0.1, 0.15) is 0 Å². The number of carbonyl (C=O) groups excluding carboxylic acids is 2. The van der Waals surface area contributed by atoms with E-state index in [1.54, 1.807) is 0 Å². The van der Waals surface area contributed by atoms with Crippen molar-refractivity contribution >= 4 is 28.8 Å². The van der Waals surface area contributed by atoms with Crippen molar-refractivity contribution in [2.75, 3.05) is 12.4 Å². The Hall–Kier alpha value is -1.81. The maximum absolute atomic E-state index is 12.3. The summed E-state index contributed by atoms with van der Waals surface area (Å²) in [4.78, 5) is 24.0. The van der Waals surface area contributed by atoms with Crippen LogP contribution in [0.2, 0.25) is 0 Å². The minimum absolute atomic E-state index is 0.0408. The predicted molar refractivity (Wildman–Crippen MR) is 91.3 cm³/mol. The standard InChI is InChI=1S/C18H21ClN2O2/c19-10-4-8-17(23)20-11-9-13-14-5-3-7-16(22)18(14)21-12-2-1-6-15(13)21/h1-2,6,12H,3-5,7-11H2,(H,20,23). The number of ketones is 1. The lowest BCUT2D eigenvalue weighted by molar-refractivity contribution is -0.121. The summed E-state index contributed by atoms with van der Waals surface area (Å²) in [6.45, 7) is 0.594. The molecule has 1 aliphatic rings. The topological polar surface area (TPSA) is 50.6 Å². The van der Waals surface area contributed by atoms with E-state index in [9.17, 15) is 9.59 Å². The van der Waals surface area contributed by atoms with E-state index in [2.05, 4.69) is 11.4 Å². The highest BCUT2D eigenvalue weighted by Crippen LogP contribution is 2.30. The minimum atomic E-state index is 0.0408. The number of pyridine rings is 1. The molecule has 0 saturated heterocycles. The molecule has 5 heteroatoms. The van der Waals surface area contributed by atoms with Crippen molar-refractivity contribution in [2.45, 2.75) is 38.5 Å². The molecule has 0 atom stereocenters. The molecule has 0 aromatic carbocycles. The lowest BCUT2D eigenvalue weighted by Crippen LogP contribution is -2.25. The average molecular weight is 333 g/mol. The Bertz CT molecular complexity index is 736. The molecule has 1 amide bonds. The van der Waals surface area contributed by atoms with Gasteiger partial charge in [-0.05, 0) is 48.9 Å². The highest BCUT2D eigenvalue weighted by molar-refractivity contribution is 6.17. The highest BCUT2D eigenvalue weighted by atomic mass is 35.5. The van der Waals surface area contributed by atoms with Crippen LogP contribution in [0.3, 0.4) is 0 Å². The SMILES string of the molecule is O=C(CCCCl)NCCc1c2c(n3ccccc13)C(=O)CCC2. The third-order valence-corrected chi connectivity index (χ3v) is 4.66. The van der Waals surface area contributed by atoms with Gasteiger partial charge in [0.15, 0.2) is 5.78 Å². The molecule has 2 aromatic heterocycles. The average Bonchev–Trinajstić information content (AvgIpc) is 2.88. The Kier molecular flexibility index (Phi) is 5.01. The second-order valence-electron chi connectivity index (χ2n) is 5.93. The molecule has 0 saturated carbocycles. The van der Waals surface area contributed by atoms with Crippen molar-refractivity contribution in [2.24, 2.45) is 0 Å². The molecule has 0 radical (unpaired) electrons. The number of amides is 1. The first-order valence-corrected chi connectivity index (χ1v) is 8.72. The third kappa shape index (κ3) is 3.27. The van der Waals surface area contributed by atoms with Crippen molar-refractivity contribution in [1.29, 1.82) is 0 Å².